The van der Waals surface area contributed by atoms with Crippen LogP contribution in [0.3, 0.4) is 0 Å². The second-order valence-electron chi connectivity index (χ2n) is 6.53. The zero-order chi connectivity index (χ0) is 19.2. The van der Waals surface area contributed by atoms with Crippen molar-refractivity contribution in [1.29, 1.82) is 0 Å². The summed E-state index contributed by atoms with van der Waals surface area (Å²) in [7, 11) is -4.06. The Hall–Kier alpha value is -2.52. The number of hydrogen-bond acceptors (Lipinski definition) is 3. The summed E-state index contributed by atoms with van der Waals surface area (Å²) in [6.45, 7) is 0.297. The summed E-state index contributed by atoms with van der Waals surface area (Å²) in [5, 5.41) is 0. The van der Waals surface area contributed by atoms with Crippen LogP contribution in [-0.4, -0.2) is 35.4 Å². The van der Waals surface area contributed by atoms with Crippen LogP contribution in [-0.2, 0) is 10.0 Å². The Morgan fingerprint density at radius 2 is 1.74 bits per heavy atom. The van der Waals surface area contributed by atoms with Gasteiger partial charge in [0.15, 0.2) is 0 Å². The zero-order valence-electron chi connectivity index (χ0n) is 14.2. The minimum Gasteiger partial charge on any atom is -0.306 e. The minimum atomic E-state index is -4.06. The Balaban J connectivity index is 1.58. The lowest BCUT2D eigenvalue weighted by molar-refractivity contribution is 0.273. The molecule has 0 amide bonds. The van der Waals surface area contributed by atoms with Crippen molar-refractivity contribution < 1.29 is 17.2 Å². The highest BCUT2D eigenvalue weighted by Gasteiger charge is 2.32. The third-order valence-electron chi connectivity index (χ3n) is 4.92. The first-order chi connectivity index (χ1) is 12.9. The van der Waals surface area contributed by atoms with Crippen LogP contribution in [0.1, 0.15) is 18.9 Å². The average Bonchev–Trinajstić information content (AvgIpc) is 2.97. The van der Waals surface area contributed by atoms with Crippen LogP contribution in [0, 0.1) is 11.6 Å². The molecule has 1 saturated heterocycles. The second-order valence-corrected chi connectivity index (χ2v) is 8.43. The molecule has 0 saturated carbocycles. The summed E-state index contributed by atoms with van der Waals surface area (Å²) >= 11 is 0. The first kappa shape index (κ1) is 17.9. The SMILES string of the molecule is O=c1[nH]c2ccccc2n1C1CCN(S(=O)(=O)c2ccc(F)cc2F)CC1. The molecule has 0 aliphatic carbocycles. The van der Waals surface area contributed by atoms with E-state index < -0.39 is 26.6 Å². The van der Waals surface area contributed by atoms with Crippen molar-refractivity contribution in [3.8, 4) is 0 Å². The van der Waals surface area contributed by atoms with Crippen LogP contribution < -0.4 is 5.69 Å². The van der Waals surface area contributed by atoms with Gasteiger partial charge < -0.3 is 4.98 Å². The highest BCUT2D eigenvalue weighted by molar-refractivity contribution is 7.89. The number of nitrogens with one attached hydrogen (secondary N) is 1. The quantitative estimate of drug-likeness (QED) is 0.743. The van der Waals surface area contributed by atoms with Crippen LogP contribution in [0.4, 0.5) is 8.78 Å². The van der Waals surface area contributed by atoms with Crippen molar-refractivity contribution in [3.05, 3.63) is 64.6 Å². The normalized spacial score (nSPS) is 16.8. The number of halogens is 2. The summed E-state index contributed by atoms with van der Waals surface area (Å²) in [5.41, 5.74) is 1.27. The molecule has 9 heteroatoms. The summed E-state index contributed by atoms with van der Waals surface area (Å²) in [6.07, 6.45) is 0.841. The van der Waals surface area contributed by atoms with E-state index in [9.17, 15) is 22.0 Å². The molecule has 142 valence electrons. The van der Waals surface area contributed by atoms with Crippen molar-refractivity contribution in [2.24, 2.45) is 0 Å². The van der Waals surface area contributed by atoms with Gasteiger partial charge in [-0.25, -0.2) is 22.0 Å². The molecule has 0 spiro atoms. The van der Waals surface area contributed by atoms with Gasteiger partial charge in [-0.05, 0) is 37.1 Å². The number of aromatic nitrogens is 2. The fourth-order valence-corrected chi connectivity index (χ4v) is 5.12. The average molecular weight is 393 g/mol. The molecular formula is C18H17F2N3O3S. The predicted molar refractivity (Wildman–Crippen MR) is 95.9 cm³/mol. The predicted octanol–water partition coefficient (Wildman–Crippen LogP) is 2.63. The monoisotopic (exact) mass is 393 g/mol. The molecule has 1 fully saturated rings. The van der Waals surface area contributed by atoms with E-state index in [0.717, 1.165) is 23.2 Å². The fraction of sp³-hybridized carbons (Fsp3) is 0.278. The molecule has 3 aromatic rings. The molecule has 0 bridgehead atoms. The van der Waals surface area contributed by atoms with Gasteiger partial charge in [-0.2, -0.15) is 4.31 Å². The molecule has 1 aromatic heterocycles. The molecule has 1 aliphatic rings. The van der Waals surface area contributed by atoms with E-state index in [0.29, 0.717) is 18.9 Å². The van der Waals surface area contributed by atoms with Crippen molar-refractivity contribution in [1.82, 2.24) is 13.9 Å². The number of sulfonamides is 1. The van der Waals surface area contributed by atoms with E-state index in [1.165, 1.54) is 4.31 Å². The maximum atomic E-state index is 13.9. The number of piperidine rings is 1. The summed E-state index contributed by atoms with van der Waals surface area (Å²) in [4.78, 5) is 14.6. The van der Waals surface area contributed by atoms with E-state index in [1.807, 2.05) is 24.3 Å². The largest absolute Gasteiger partial charge is 0.326 e. The molecule has 1 N–H and O–H groups in total. The van der Waals surface area contributed by atoms with E-state index in [1.54, 1.807) is 4.57 Å². The maximum absolute atomic E-state index is 13.9. The molecule has 6 nitrogen and oxygen atoms in total. The lowest BCUT2D eigenvalue weighted by Crippen LogP contribution is -2.40. The molecule has 0 unspecified atom stereocenters. The number of benzene rings is 2. The lowest BCUT2D eigenvalue weighted by atomic mass is 10.1. The number of aromatic amines is 1. The van der Waals surface area contributed by atoms with Gasteiger partial charge in [0.25, 0.3) is 0 Å². The van der Waals surface area contributed by atoms with Gasteiger partial charge in [-0.3, -0.25) is 4.57 Å². The van der Waals surface area contributed by atoms with Crippen LogP contribution >= 0.6 is 0 Å². The molecule has 4 rings (SSSR count). The third-order valence-corrected chi connectivity index (χ3v) is 6.86. The number of H-pyrrole nitrogens is 1. The number of fused-ring (bicyclic) bond motifs is 1. The smallest absolute Gasteiger partial charge is 0.306 e. The van der Waals surface area contributed by atoms with Crippen LogP contribution in [0.15, 0.2) is 52.2 Å². The Morgan fingerprint density at radius 1 is 1.04 bits per heavy atom. The zero-order valence-corrected chi connectivity index (χ0v) is 15.0. The summed E-state index contributed by atoms with van der Waals surface area (Å²) < 4.78 is 55.2. The number of para-hydroxylation sites is 2. The molecule has 2 heterocycles. The molecule has 0 atom stereocenters. The van der Waals surface area contributed by atoms with E-state index in [2.05, 4.69) is 4.98 Å². The molecule has 2 aromatic carbocycles. The van der Waals surface area contributed by atoms with Gasteiger partial charge in [0.1, 0.15) is 16.5 Å². The van der Waals surface area contributed by atoms with E-state index in [-0.39, 0.29) is 24.8 Å². The van der Waals surface area contributed by atoms with Gasteiger partial charge in [-0.1, -0.05) is 12.1 Å². The van der Waals surface area contributed by atoms with Gasteiger partial charge in [0.05, 0.1) is 11.0 Å². The number of imidazole rings is 1. The number of rotatable bonds is 3. The van der Waals surface area contributed by atoms with Gasteiger partial charge >= 0.3 is 5.69 Å². The topological polar surface area (TPSA) is 75.2 Å². The van der Waals surface area contributed by atoms with Crippen LogP contribution in [0.25, 0.3) is 11.0 Å². The van der Waals surface area contributed by atoms with Crippen LogP contribution in [0.5, 0.6) is 0 Å². The molecule has 1 aliphatic heterocycles. The number of hydrogen-bond donors (Lipinski definition) is 1. The molecule has 27 heavy (non-hydrogen) atoms. The maximum Gasteiger partial charge on any atom is 0.326 e. The Bertz CT molecular complexity index is 1160. The number of nitrogens with zero attached hydrogens (tertiary/aromatic N) is 2. The first-order valence-corrected chi connectivity index (χ1v) is 9.96. The van der Waals surface area contributed by atoms with Gasteiger partial charge in [0, 0.05) is 25.2 Å². The van der Waals surface area contributed by atoms with Gasteiger partial charge in [0.2, 0.25) is 10.0 Å². The fourth-order valence-electron chi connectivity index (χ4n) is 3.60. The van der Waals surface area contributed by atoms with Crippen molar-refractivity contribution in [2.75, 3.05) is 13.1 Å². The van der Waals surface area contributed by atoms with E-state index >= 15 is 0 Å². The Morgan fingerprint density at radius 3 is 2.44 bits per heavy atom. The highest BCUT2D eigenvalue weighted by Crippen LogP contribution is 2.29. The van der Waals surface area contributed by atoms with Crippen LogP contribution in [0.2, 0.25) is 0 Å². The minimum absolute atomic E-state index is 0.149. The lowest BCUT2D eigenvalue weighted by Gasteiger charge is -2.31. The highest BCUT2D eigenvalue weighted by atomic mass is 32.2. The second kappa shape index (κ2) is 6.58. The Kier molecular flexibility index (Phi) is 4.35. The van der Waals surface area contributed by atoms with E-state index in [4.69, 9.17) is 0 Å². The van der Waals surface area contributed by atoms with Crippen molar-refractivity contribution in [2.45, 2.75) is 23.8 Å². The molecule has 0 radical (unpaired) electrons. The van der Waals surface area contributed by atoms with Gasteiger partial charge in [-0.15, -0.1) is 0 Å². The standard InChI is InChI=1S/C18H17F2N3O3S/c19-12-5-6-17(14(20)11-12)27(25,26)22-9-7-13(8-10-22)23-16-4-2-1-3-15(16)21-18(23)24/h1-6,11,13H,7-10H2,(H,21,24). The summed E-state index contributed by atoms with van der Waals surface area (Å²) in [6, 6.07) is 9.58. The molecular weight excluding hydrogens is 376 g/mol. The van der Waals surface area contributed by atoms with Crippen molar-refractivity contribution in [3.63, 3.8) is 0 Å². The first-order valence-electron chi connectivity index (χ1n) is 8.52. The van der Waals surface area contributed by atoms with Crippen molar-refractivity contribution >= 4 is 21.1 Å². The Labute approximate surface area is 154 Å². The third kappa shape index (κ3) is 3.06. The summed E-state index contributed by atoms with van der Waals surface area (Å²) in [5.74, 6) is -1.94.